The molecule has 2 nitrogen and oxygen atoms in total. The van der Waals surface area contributed by atoms with Crippen LogP contribution in [0, 0.1) is 34.5 Å². The average molecular weight is 401 g/mol. The molecule has 0 saturated heterocycles. The molecule has 0 bridgehead atoms. The Morgan fingerprint density at radius 3 is 2.67 bits per heavy atom. The smallest absolute Gasteiger partial charge is 0.100 e. The van der Waals surface area contributed by atoms with Crippen molar-refractivity contribution in [2.24, 2.45) is 34.5 Å². The van der Waals surface area contributed by atoms with Gasteiger partial charge in [-0.25, -0.2) is 4.98 Å². The molecule has 2 heteroatoms. The van der Waals surface area contributed by atoms with E-state index in [1.165, 1.54) is 50.5 Å². The van der Waals surface area contributed by atoms with Crippen LogP contribution in [0.4, 0.5) is 0 Å². The summed E-state index contributed by atoms with van der Waals surface area (Å²) in [7, 11) is 0. The molecule has 158 valence electrons. The topological polar surface area (TPSA) is 17.8 Å². The molecule has 0 aliphatic heterocycles. The zero-order valence-electron chi connectivity index (χ0n) is 19.1. The number of rotatable bonds is 1. The standard InChI is InChI=1S/C28H36N2/c1-18-11-13-27(3)20(15-18)9-10-21-22(27)12-14-28(4)23(21)16-19(2)26(28)30-17-29-24-7-5-6-8-25(24)30/h5-9,17-18,21-23H,10-16H2,1-4H3/t18-,21?,22?,23?,27-,28-/m0/s1. The van der Waals surface area contributed by atoms with Crippen LogP contribution in [0.1, 0.15) is 72.6 Å². The van der Waals surface area contributed by atoms with Gasteiger partial charge in [-0.05, 0) is 93.1 Å². The number of hydrogen-bond donors (Lipinski definition) is 0. The summed E-state index contributed by atoms with van der Waals surface area (Å²) in [5.41, 5.74) is 8.12. The molecule has 2 saturated carbocycles. The van der Waals surface area contributed by atoms with Crippen molar-refractivity contribution in [3.8, 4) is 0 Å². The first-order valence-corrected chi connectivity index (χ1v) is 12.2. The second kappa shape index (κ2) is 6.34. The minimum Gasteiger partial charge on any atom is -0.302 e. The highest BCUT2D eigenvalue weighted by Crippen LogP contribution is 2.67. The lowest BCUT2D eigenvalue weighted by Crippen LogP contribution is -2.49. The van der Waals surface area contributed by atoms with Gasteiger partial charge < -0.3 is 4.57 Å². The van der Waals surface area contributed by atoms with Crippen LogP contribution < -0.4 is 0 Å². The second-order valence-corrected chi connectivity index (χ2v) is 11.5. The second-order valence-electron chi connectivity index (χ2n) is 11.5. The van der Waals surface area contributed by atoms with Crippen LogP contribution in [-0.4, -0.2) is 9.55 Å². The van der Waals surface area contributed by atoms with E-state index in [2.05, 4.69) is 68.9 Å². The number of nitrogens with zero attached hydrogens (tertiary/aromatic N) is 2. The van der Waals surface area contributed by atoms with Crippen molar-refractivity contribution in [2.45, 2.75) is 72.6 Å². The number of para-hydroxylation sites is 2. The predicted octanol–water partition coefficient (Wildman–Crippen LogP) is 7.48. The summed E-state index contributed by atoms with van der Waals surface area (Å²) in [4.78, 5) is 4.74. The van der Waals surface area contributed by atoms with E-state index in [1.54, 1.807) is 11.3 Å². The van der Waals surface area contributed by atoms with Gasteiger partial charge in [0, 0.05) is 11.1 Å². The number of allylic oxidation sites excluding steroid dienone is 4. The van der Waals surface area contributed by atoms with E-state index >= 15 is 0 Å². The average Bonchev–Trinajstić information content (AvgIpc) is 3.25. The van der Waals surface area contributed by atoms with Gasteiger partial charge in [-0.15, -0.1) is 0 Å². The largest absolute Gasteiger partial charge is 0.302 e. The number of benzene rings is 1. The van der Waals surface area contributed by atoms with Gasteiger partial charge in [0.15, 0.2) is 0 Å². The molecule has 4 aliphatic carbocycles. The molecule has 1 aromatic heterocycles. The highest BCUT2D eigenvalue weighted by Gasteiger charge is 2.57. The Balaban J connectivity index is 1.40. The third-order valence-electron chi connectivity index (χ3n) is 9.91. The summed E-state index contributed by atoms with van der Waals surface area (Å²) >= 11 is 0. The van der Waals surface area contributed by atoms with Crippen molar-refractivity contribution in [1.82, 2.24) is 9.55 Å². The molecular formula is C28H36N2. The van der Waals surface area contributed by atoms with Crippen LogP contribution in [0.25, 0.3) is 16.7 Å². The van der Waals surface area contributed by atoms with Gasteiger partial charge in [-0.1, -0.05) is 50.1 Å². The highest BCUT2D eigenvalue weighted by atomic mass is 15.1. The lowest BCUT2D eigenvalue weighted by Gasteiger charge is -2.57. The van der Waals surface area contributed by atoms with E-state index in [0.29, 0.717) is 5.41 Å². The van der Waals surface area contributed by atoms with Crippen molar-refractivity contribution in [2.75, 3.05) is 0 Å². The van der Waals surface area contributed by atoms with E-state index in [4.69, 9.17) is 4.98 Å². The molecule has 4 aliphatic rings. The summed E-state index contributed by atoms with van der Waals surface area (Å²) in [6.45, 7) is 10.1. The molecule has 6 atom stereocenters. The molecular weight excluding hydrogens is 364 g/mol. The van der Waals surface area contributed by atoms with Gasteiger partial charge in [0.2, 0.25) is 0 Å². The monoisotopic (exact) mass is 400 g/mol. The third kappa shape index (κ3) is 2.40. The molecule has 0 N–H and O–H groups in total. The van der Waals surface area contributed by atoms with E-state index < -0.39 is 0 Å². The van der Waals surface area contributed by atoms with E-state index in [-0.39, 0.29) is 5.41 Å². The van der Waals surface area contributed by atoms with Crippen molar-refractivity contribution in [1.29, 1.82) is 0 Å². The van der Waals surface area contributed by atoms with Gasteiger partial charge in [0.05, 0.1) is 11.0 Å². The maximum Gasteiger partial charge on any atom is 0.100 e. The van der Waals surface area contributed by atoms with Gasteiger partial charge in [0.25, 0.3) is 0 Å². The Hall–Kier alpha value is -1.83. The van der Waals surface area contributed by atoms with Crippen LogP contribution in [-0.2, 0) is 0 Å². The fourth-order valence-corrected chi connectivity index (χ4v) is 8.37. The van der Waals surface area contributed by atoms with Gasteiger partial charge in [-0.3, -0.25) is 0 Å². The first kappa shape index (κ1) is 18.9. The van der Waals surface area contributed by atoms with Crippen LogP contribution in [0.2, 0.25) is 0 Å². The number of imidazole rings is 1. The van der Waals surface area contributed by atoms with E-state index in [1.807, 2.05) is 5.57 Å². The minimum atomic E-state index is 0.276. The number of aromatic nitrogens is 2. The first-order chi connectivity index (χ1) is 14.4. The molecule has 6 rings (SSSR count). The van der Waals surface area contributed by atoms with Crippen molar-refractivity contribution < 1.29 is 0 Å². The maximum atomic E-state index is 4.74. The number of fused-ring (bicyclic) bond motifs is 6. The van der Waals surface area contributed by atoms with Crippen molar-refractivity contribution >= 4 is 16.7 Å². The quantitative estimate of drug-likeness (QED) is 0.454. The van der Waals surface area contributed by atoms with Gasteiger partial charge >= 0.3 is 0 Å². The summed E-state index contributed by atoms with van der Waals surface area (Å²) in [5.74, 6) is 3.38. The summed E-state index contributed by atoms with van der Waals surface area (Å²) < 4.78 is 2.44. The zero-order valence-corrected chi connectivity index (χ0v) is 19.1. The fourth-order valence-electron chi connectivity index (χ4n) is 8.37. The summed E-state index contributed by atoms with van der Waals surface area (Å²) in [6, 6.07) is 8.64. The SMILES string of the molecule is CC1=C(n2cnc3ccccc32)[C@@]2(C)CCC3C(CC=C4C[C@@H](C)CC[C@@]43C)C2C1. The zero-order chi connectivity index (χ0) is 20.7. The first-order valence-electron chi connectivity index (χ1n) is 12.2. The molecule has 2 aromatic rings. The Bertz CT molecular complexity index is 1070. The normalized spacial score (nSPS) is 40.7. The Morgan fingerprint density at radius 2 is 1.80 bits per heavy atom. The lowest BCUT2D eigenvalue weighted by molar-refractivity contribution is -0.0153. The Kier molecular flexibility index (Phi) is 4.00. The predicted molar refractivity (Wildman–Crippen MR) is 125 cm³/mol. The highest BCUT2D eigenvalue weighted by molar-refractivity contribution is 5.81. The lowest BCUT2D eigenvalue weighted by atomic mass is 9.47. The van der Waals surface area contributed by atoms with Crippen molar-refractivity contribution in [3.63, 3.8) is 0 Å². The fraction of sp³-hybridized carbons (Fsp3) is 0.607. The third-order valence-corrected chi connectivity index (χ3v) is 9.91. The molecule has 30 heavy (non-hydrogen) atoms. The van der Waals surface area contributed by atoms with Crippen molar-refractivity contribution in [3.05, 3.63) is 47.8 Å². The molecule has 1 heterocycles. The minimum absolute atomic E-state index is 0.276. The van der Waals surface area contributed by atoms with Gasteiger partial charge in [0.1, 0.15) is 6.33 Å². The van der Waals surface area contributed by atoms with Crippen LogP contribution in [0.3, 0.4) is 0 Å². The van der Waals surface area contributed by atoms with Crippen LogP contribution >= 0.6 is 0 Å². The van der Waals surface area contributed by atoms with E-state index in [9.17, 15) is 0 Å². The van der Waals surface area contributed by atoms with E-state index in [0.717, 1.165) is 29.2 Å². The molecule has 0 radical (unpaired) electrons. The molecule has 0 spiro atoms. The van der Waals surface area contributed by atoms with Crippen LogP contribution in [0.15, 0.2) is 47.8 Å². The number of hydrogen-bond acceptors (Lipinski definition) is 1. The van der Waals surface area contributed by atoms with Gasteiger partial charge in [-0.2, -0.15) is 0 Å². The van der Waals surface area contributed by atoms with Crippen LogP contribution in [0.5, 0.6) is 0 Å². The molecule has 1 aromatic carbocycles. The summed E-state index contributed by atoms with van der Waals surface area (Å²) in [5, 5.41) is 0. The molecule has 0 amide bonds. The maximum absolute atomic E-state index is 4.74. The Morgan fingerprint density at radius 1 is 1.00 bits per heavy atom. The Labute approximate surface area is 181 Å². The summed E-state index contributed by atoms with van der Waals surface area (Å²) in [6.07, 6.45) is 14.3. The molecule has 2 fully saturated rings. The molecule has 3 unspecified atom stereocenters.